The molecule has 126 valence electrons. The summed E-state index contributed by atoms with van der Waals surface area (Å²) in [5.74, 6) is 0.0697. The van der Waals surface area contributed by atoms with E-state index in [2.05, 4.69) is 56.9 Å². The lowest BCUT2D eigenvalue weighted by Gasteiger charge is -2.48. The molecule has 1 aromatic carbocycles. The Morgan fingerprint density at radius 1 is 1.22 bits per heavy atom. The summed E-state index contributed by atoms with van der Waals surface area (Å²) in [6.07, 6.45) is 4.94. The fourth-order valence-electron chi connectivity index (χ4n) is 3.90. The zero-order chi connectivity index (χ0) is 17.0. The third-order valence-electron chi connectivity index (χ3n) is 4.86. The highest BCUT2D eigenvalue weighted by molar-refractivity contribution is 5.92. The normalized spacial score (nSPS) is 21.7. The molecule has 1 saturated carbocycles. The van der Waals surface area contributed by atoms with Crippen molar-refractivity contribution in [1.29, 1.82) is 0 Å². The molecule has 1 aliphatic rings. The van der Waals surface area contributed by atoms with Crippen LogP contribution in [-0.2, 0) is 9.59 Å². The fraction of sp³-hybridized carbons (Fsp3) is 0.600. The molecule has 3 nitrogen and oxygen atoms in total. The van der Waals surface area contributed by atoms with Crippen LogP contribution in [0.25, 0.3) is 0 Å². The first-order valence-corrected chi connectivity index (χ1v) is 8.67. The van der Waals surface area contributed by atoms with Crippen LogP contribution in [0.4, 0.5) is 5.69 Å². The van der Waals surface area contributed by atoms with Crippen LogP contribution in [0.1, 0.15) is 58.4 Å². The van der Waals surface area contributed by atoms with Crippen molar-refractivity contribution in [3.8, 4) is 0 Å². The molecule has 0 bridgehead atoms. The van der Waals surface area contributed by atoms with Crippen LogP contribution in [0.15, 0.2) is 24.3 Å². The van der Waals surface area contributed by atoms with Gasteiger partial charge < -0.3 is 9.69 Å². The Morgan fingerprint density at radius 2 is 1.87 bits per heavy atom. The second kappa shape index (κ2) is 7.29. The van der Waals surface area contributed by atoms with E-state index in [0.717, 1.165) is 32.0 Å². The molecule has 1 aliphatic carbocycles. The van der Waals surface area contributed by atoms with E-state index >= 15 is 0 Å². The van der Waals surface area contributed by atoms with Gasteiger partial charge in [0.25, 0.3) is 0 Å². The summed E-state index contributed by atoms with van der Waals surface area (Å²) in [5.41, 5.74) is 2.36. The smallest absolute Gasteiger partial charge is 0.145 e. The number of ketones is 1. The molecule has 0 N–H and O–H groups in total. The van der Waals surface area contributed by atoms with Crippen LogP contribution in [0.5, 0.6) is 0 Å². The fourth-order valence-corrected chi connectivity index (χ4v) is 3.90. The molecular weight excluding hydrogens is 286 g/mol. The molecule has 2 atom stereocenters. The molecule has 2 rings (SSSR count). The van der Waals surface area contributed by atoms with Crippen LogP contribution in [0.3, 0.4) is 0 Å². The van der Waals surface area contributed by atoms with E-state index in [0.29, 0.717) is 0 Å². The number of aryl methyl sites for hydroxylation is 1. The zero-order valence-corrected chi connectivity index (χ0v) is 14.8. The van der Waals surface area contributed by atoms with Crippen molar-refractivity contribution >= 4 is 17.8 Å². The first-order valence-electron chi connectivity index (χ1n) is 8.67. The third kappa shape index (κ3) is 4.01. The van der Waals surface area contributed by atoms with Gasteiger partial charge in [0.2, 0.25) is 0 Å². The number of anilines is 1. The highest BCUT2D eigenvalue weighted by Crippen LogP contribution is 2.38. The van der Waals surface area contributed by atoms with Crippen LogP contribution in [0, 0.1) is 12.8 Å². The molecule has 0 heterocycles. The number of carbonyl (C=O) groups is 2. The molecule has 0 spiro atoms. The lowest BCUT2D eigenvalue weighted by Crippen LogP contribution is -2.54. The monoisotopic (exact) mass is 315 g/mol. The minimum Gasteiger partial charge on any atom is -0.363 e. The van der Waals surface area contributed by atoms with Gasteiger partial charge in [0.15, 0.2) is 0 Å². The molecule has 0 amide bonds. The van der Waals surface area contributed by atoms with E-state index < -0.39 is 0 Å². The van der Waals surface area contributed by atoms with Gasteiger partial charge in [-0.1, -0.05) is 31.0 Å². The average Bonchev–Trinajstić information content (AvgIpc) is 2.49. The van der Waals surface area contributed by atoms with Gasteiger partial charge in [-0.2, -0.15) is 0 Å². The number of para-hydroxylation sites is 1. The molecule has 2 unspecified atom stereocenters. The molecule has 0 aliphatic heterocycles. The minimum atomic E-state index is -0.0756. The predicted octanol–water partition coefficient (Wildman–Crippen LogP) is 4.32. The van der Waals surface area contributed by atoms with Crippen molar-refractivity contribution in [3.05, 3.63) is 29.8 Å². The van der Waals surface area contributed by atoms with Gasteiger partial charge in [0.1, 0.15) is 12.1 Å². The Labute approximate surface area is 140 Å². The lowest BCUT2D eigenvalue weighted by molar-refractivity contribution is -0.126. The number of hydrogen-bond donors (Lipinski definition) is 0. The van der Waals surface area contributed by atoms with Crippen molar-refractivity contribution in [1.82, 2.24) is 0 Å². The number of benzene rings is 1. The molecule has 0 radical (unpaired) electrons. The highest BCUT2D eigenvalue weighted by atomic mass is 16.1. The summed E-state index contributed by atoms with van der Waals surface area (Å²) in [5, 5.41) is 0. The number of aldehydes is 1. The quantitative estimate of drug-likeness (QED) is 0.600. The maximum absolute atomic E-state index is 12.5. The van der Waals surface area contributed by atoms with E-state index in [1.807, 2.05) is 0 Å². The molecule has 23 heavy (non-hydrogen) atoms. The van der Waals surface area contributed by atoms with Gasteiger partial charge in [-0.05, 0) is 52.2 Å². The molecule has 0 aromatic heterocycles. The first-order chi connectivity index (χ1) is 10.9. The van der Waals surface area contributed by atoms with Crippen LogP contribution in [-0.4, -0.2) is 23.7 Å². The van der Waals surface area contributed by atoms with Crippen molar-refractivity contribution in [2.24, 2.45) is 5.92 Å². The molecule has 3 heteroatoms. The van der Waals surface area contributed by atoms with Gasteiger partial charge >= 0.3 is 0 Å². The van der Waals surface area contributed by atoms with E-state index in [4.69, 9.17) is 0 Å². The Morgan fingerprint density at radius 3 is 2.48 bits per heavy atom. The van der Waals surface area contributed by atoms with E-state index in [-0.39, 0.29) is 29.7 Å². The van der Waals surface area contributed by atoms with Gasteiger partial charge in [-0.15, -0.1) is 0 Å². The van der Waals surface area contributed by atoms with E-state index in [1.54, 1.807) is 0 Å². The summed E-state index contributed by atoms with van der Waals surface area (Å²) in [6, 6.07) is 8.56. The highest BCUT2D eigenvalue weighted by Gasteiger charge is 2.39. The summed E-state index contributed by atoms with van der Waals surface area (Å²) in [7, 11) is 0. The molecule has 0 saturated heterocycles. The molecule has 1 fully saturated rings. The number of hydrogen-bond acceptors (Lipinski definition) is 3. The number of carbonyl (C=O) groups excluding carboxylic acids is 2. The second-order valence-electron chi connectivity index (χ2n) is 7.62. The van der Waals surface area contributed by atoms with Crippen molar-refractivity contribution in [3.63, 3.8) is 0 Å². The van der Waals surface area contributed by atoms with E-state index in [9.17, 15) is 9.59 Å². The van der Waals surface area contributed by atoms with Gasteiger partial charge in [-0.3, -0.25) is 4.79 Å². The predicted molar refractivity (Wildman–Crippen MR) is 94.8 cm³/mol. The maximum Gasteiger partial charge on any atom is 0.145 e. The van der Waals surface area contributed by atoms with E-state index in [1.165, 1.54) is 11.3 Å². The number of Topliss-reactive ketones (excluding diaryl/α,β-unsaturated/α-hetero) is 1. The Bertz CT molecular complexity index is 559. The average molecular weight is 315 g/mol. The number of nitrogens with zero attached hydrogens (tertiary/aromatic N) is 1. The Hall–Kier alpha value is -1.64. The summed E-state index contributed by atoms with van der Waals surface area (Å²) < 4.78 is 0. The SMILES string of the molecule is Cc1ccccc1N(C1CCCCC1C(=O)CC=O)C(C)(C)C. The van der Waals surface area contributed by atoms with Gasteiger partial charge in [0, 0.05) is 23.2 Å². The molecular formula is C20H29NO2. The lowest BCUT2D eigenvalue weighted by atomic mass is 9.78. The van der Waals surface area contributed by atoms with Crippen LogP contribution < -0.4 is 4.90 Å². The van der Waals surface area contributed by atoms with Crippen LogP contribution in [0.2, 0.25) is 0 Å². The maximum atomic E-state index is 12.5. The largest absolute Gasteiger partial charge is 0.363 e. The van der Waals surface area contributed by atoms with Gasteiger partial charge in [-0.25, -0.2) is 0 Å². The summed E-state index contributed by atoms with van der Waals surface area (Å²) in [4.78, 5) is 25.7. The Balaban J connectivity index is 2.43. The number of rotatable bonds is 5. The third-order valence-corrected chi connectivity index (χ3v) is 4.86. The topological polar surface area (TPSA) is 37.4 Å². The zero-order valence-electron chi connectivity index (χ0n) is 14.8. The van der Waals surface area contributed by atoms with Crippen molar-refractivity contribution < 1.29 is 9.59 Å². The minimum absolute atomic E-state index is 0.0345. The Kier molecular flexibility index (Phi) is 5.61. The second-order valence-corrected chi connectivity index (χ2v) is 7.62. The van der Waals surface area contributed by atoms with Crippen molar-refractivity contribution in [2.75, 3.05) is 4.90 Å². The summed E-state index contributed by atoms with van der Waals surface area (Å²) >= 11 is 0. The molecule has 1 aromatic rings. The van der Waals surface area contributed by atoms with Crippen molar-refractivity contribution in [2.45, 2.75) is 71.4 Å². The van der Waals surface area contributed by atoms with Gasteiger partial charge in [0.05, 0.1) is 6.42 Å². The summed E-state index contributed by atoms with van der Waals surface area (Å²) in [6.45, 7) is 8.74. The van der Waals surface area contributed by atoms with Crippen LogP contribution >= 0.6 is 0 Å². The standard InChI is InChI=1S/C20H29NO2/c1-15-9-5-7-11-17(15)21(20(2,3)4)18-12-8-6-10-16(18)19(23)13-14-22/h5,7,9,11,14,16,18H,6,8,10,12-13H2,1-4H3. The first kappa shape index (κ1) is 17.7.